The van der Waals surface area contributed by atoms with Gasteiger partial charge in [0.05, 0.1) is 12.8 Å². The molecule has 1 amide bonds. The van der Waals surface area contributed by atoms with E-state index in [1.165, 1.54) is 23.1 Å². The molecule has 2 N–H and O–H groups in total. The molecule has 148 valence electrons. The van der Waals surface area contributed by atoms with Crippen molar-refractivity contribution in [3.63, 3.8) is 0 Å². The SMILES string of the molecule is Cn1cc(S(=O)(=O)NCc2ccco2)cc1C(=O)NCCc1cccc(Cl)c1. The summed E-state index contributed by atoms with van der Waals surface area (Å²) in [5, 5.41) is 3.44. The summed E-state index contributed by atoms with van der Waals surface area (Å²) in [6, 6.07) is 12.1. The van der Waals surface area contributed by atoms with Crippen molar-refractivity contribution in [3.8, 4) is 0 Å². The highest BCUT2D eigenvalue weighted by atomic mass is 35.5. The van der Waals surface area contributed by atoms with Crippen LogP contribution in [0.15, 0.2) is 64.2 Å². The lowest BCUT2D eigenvalue weighted by molar-refractivity contribution is 0.0946. The van der Waals surface area contributed by atoms with E-state index in [1.54, 1.807) is 25.2 Å². The maximum Gasteiger partial charge on any atom is 0.267 e. The third-order valence-electron chi connectivity index (χ3n) is 4.13. The first-order valence-corrected chi connectivity index (χ1v) is 10.4. The summed E-state index contributed by atoms with van der Waals surface area (Å²) in [6.45, 7) is 0.439. The highest BCUT2D eigenvalue weighted by Gasteiger charge is 2.20. The third-order valence-corrected chi connectivity index (χ3v) is 5.73. The minimum absolute atomic E-state index is 0.0153. The molecule has 0 radical (unpaired) electrons. The fraction of sp³-hybridized carbons (Fsp3) is 0.211. The molecule has 0 aliphatic carbocycles. The van der Waals surface area contributed by atoms with Crippen molar-refractivity contribution >= 4 is 27.5 Å². The van der Waals surface area contributed by atoms with E-state index in [9.17, 15) is 13.2 Å². The van der Waals surface area contributed by atoms with Gasteiger partial charge in [0.2, 0.25) is 10.0 Å². The molecule has 9 heteroatoms. The van der Waals surface area contributed by atoms with Gasteiger partial charge in [-0.3, -0.25) is 4.79 Å². The van der Waals surface area contributed by atoms with Crippen LogP contribution in [0.5, 0.6) is 0 Å². The van der Waals surface area contributed by atoms with Crippen LogP contribution in [0.3, 0.4) is 0 Å². The fourth-order valence-corrected chi connectivity index (χ4v) is 3.95. The first kappa shape index (κ1) is 20.2. The summed E-state index contributed by atoms with van der Waals surface area (Å²) < 4.78 is 33.9. The van der Waals surface area contributed by atoms with Gasteiger partial charge >= 0.3 is 0 Å². The van der Waals surface area contributed by atoms with Crippen molar-refractivity contribution in [2.45, 2.75) is 17.9 Å². The summed E-state index contributed by atoms with van der Waals surface area (Å²) in [5.74, 6) is 0.149. The van der Waals surface area contributed by atoms with Gasteiger partial charge in [0.15, 0.2) is 0 Å². The average Bonchev–Trinajstić information content (AvgIpc) is 3.30. The first-order valence-electron chi connectivity index (χ1n) is 8.56. The molecule has 0 bridgehead atoms. The largest absolute Gasteiger partial charge is 0.468 e. The zero-order valence-corrected chi connectivity index (χ0v) is 16.8. The smallest absolute Gasteiger partial charge is 0.267 e. The van der Waals surface area contributed by atoms with E-state index < -0.39 is 10.0 Å². The number of furan rings is 1. The molecule has 0 aliphatic rings. The number of aromatic nitrogens is 1. The minimum atomic E-state index is -3.77. The van der Waals surface area contributed by atoms with Crippen LogP contribution in [0, 0.1) is 0 Å². The molecule has 0 saturated heterocycles. The predicted molar refractivity (Wildman–Crippen MR) is 106 cm³/mol. The zero-order valence-electron chi connectivity index (χ0n) is 15.2. The molecule has 3 rings (SSSR count). The van der Waals surface area contributed by atoms with Crippen LogP contribution in [-0.2, 0) is 30.0 Å². The van der Waals surface area contributed by atoms with Crippen molar-refractivity contribution in [2.75, 3.05) is 6.54 Å². The van der Waals surface area contributed by atoms with E-state index in [4.69, 9.17) is 16.0 Å². The Labute approximate surface area is 168 Å². The van der Waals surface area contributed by atoms with Crippen LogP contribution in [0.2, 0.25) is 5.02 Å². The Kier molecular flexibility index (Phi) is 6.23. The number of amides is 1. The number of hydrogen-bond acceptors (Lipinski definition) is 4. The molecule has 1 aromatic carbocycles. The Morgan fingerprint density at radius 2 is 2.04 bits per heavy atom. The Bertz CT molecular complexity index is 1060. The molecule has 2 heterocycles. The van der Waals surface area contributed by atoms with E-state index in [0.717, 1.165) is 5.56 Å². The van der Waals surface area contributed by atoms with Crippen LogP contribution in [0.1, 0.15) is 21.8 Å². The molecule has 7 nitrogen and oxygen atoms in total. The van der Waals surface area contributed by atoms with Crippen LogP contribution < -0.4 is 10.0 Å². The number of nitrogens with zero attached hydrogens (tertiary/aromatic N) is 1. The van der Waals surface area contributed by atoms with Crippen LogP contribution in [-0.4, -0.2) is 25.4 Å². The predicted octanol–water partition coefficient (Wildman–Crippen LogP) is 2.72. The Balaban J connectivity index is 1.61. The van der Waals surface area contributed by atoms with Crippen LogP contribution in [0.4, 0.5) is 0 Å². The lowest BCUT2D eigenvalue weighted by atomic mass is 10.1. The average molecular weight is 422 g/mol. The van der Waals surface area contributed by atoms with Gasteiger partial charge in [0.1, 0.15) is 16.3 Å². The monoisotopic (exact) mass is 421 g/mol. The van der Waals surface area contributed by atoms with Gasteiger partial charge < -0.3 is 14.3 Å². The summed E-state index contributed by atoms with van der Waals surface area (Å²) in [7, 11) is -2.14. The first-order chi connectivity index (χ1) is 13.3. The van der Waals surface area contributed by atoms with Crippen LogP contribution >= 0.6 is 11.6 Å². The number of carbonyl (C=O) groups is 1. The highest BCUT2D eigenvalue weighted by molar-refractivity contribution is 7.89. The number of hydrogen-bond donors (Lipinski definition) is 2. The van der Waals surface area contributed by atoms with Gasteiger partial charge in [-0.2, -0.15) is 0 Å². The Morgan fingerprint density at radius 1 is 1.21 bits per heavy atom. The van der Waals surface area contributed by atoms with Gasteiger partial charge in [-0.1, -0.05) is 23.7 Å². The van der Waals surface area contributed by atoms with E-state index >= 15 is 0 Å². The number of aryl methyl sites for hydroxylation is 1. The Hall–Kier alpha value is -2.55. The number of carbonyl (C=O) groups excluding carboxylic acids is 1. The molecule has 28 heavy (non-hydrogen) atoms. The van der Waals surface area contributed by atoms with Crippen molar-refractivity contribution in [1.29, 1.82) is 0 Å². The molecule has 0 spiro atoms. The molecule has 0 aliphatic heterocycles. The van der Waals surface area contributed by atoms with Gasteiger partial charge in [0, 0.05) is 24.8 Å². The number of nitrogens with one attached hydrogen (secondary N) is 2. The number of sulfonamides is 1. The highest BCUT2D eigenvalue weighted by Crippen LogP contribution is 2.15. The molecule has 0 fully saturated rings. The quantitative estimate of drug-likeness (QED) is 0.584. The summed E-state index contributed by atoms with van der Waals surface area (Å²) >= 11 is 5.95. The molecule has 0 saturated carbocycles. The second kappa shape index (κ2) is 8.64. The van der Waals surface area contributed by atoms with Crippen LogP contribution in [0.25, 0.3) is 0 Å². The molecular formula is C19H20ClN3O4S. The normalized spacial score (nSPS) is 11.5. The van der Waals surface area contributed by atoms with Crippen molar-refractivity contribution in [3.05, 3.63) is 77.0 Å². The maximum absolute atomic E-state index is 12.4. The summed E-state index contributed by atoms with van der Waals surface area (Å²) in [5.41, 5.74) is 1.26. The lowest BCUT2D eigenvalue weighted by Gasteiger charge is -2.06. The van der Waals surface area contributed by atoms with Gasteiger partial charge in [0.25, 0.3) is 5.91 Å². The van der Waals surface area contributed by atoms with Crippen molar-refractivity contribution in [2.24, 2.45) is 7.05 Å². The summed E-state index contributed by atoms with van der Waals surface area (Å²) in [4.78, 5) is 12.4. The van der Waals surface area contributed by atoms with E-state index in [-0.39, 0.29) is 23.0 Å². The molecule has 0 atom stereocenters. The second-order valence-electron chi connectivity index (χ2n) is 6.21. The lowest BCUT2D eigenvalue weighted by Crippen LogP contribution is -2.27. The minimum Gasteiger partial charge on any atom is -0.468 e. The fourth-order valence-electron chi connectivity index (χ4n) is 2.67. The molecular weight excluding hydrogens is 402 g/mol. The number of rotatable bonds is 8. The molecule has 0 unspecified atom stereocenters. The Morgan fingerprint density at radius 3 is 2.75 bits per heavy atom. The van der Waals surface area contributed by atoms with E-state index in [1.807, 2.05) is 18.2 Å². The molecule has 2 aromatic heterocycles. The standard InChI is InChI=1S/C19H20ClN3O4S/c1-23-13-17(28(25,26)22-12-16-6-3-9-27-16)11-18(23)19(24)21-8-7-14-4-2-5-15(20)10-14/h2-6,9-11,13,22H,7-8,12H2,1H3,(H,21,24). The van der Waals surface area contributed by atoms with Crippen molar-refractivity contribution < 1.29 is 17.6 Å². The molecule has 3 aromatic rings. The third kappa shape index (κ3) is 5.03. The van der Waals surface area contributed by atoms with Crippen molar-refractivity contribution in [1.82, 2.24) is 14.6 Å². The van der Waals surface area contributed by atoms with Gasteiger partial charge in [-0.25, -0.2) is 13.1 Å². The van der Waals surface area contributed by atoms with Gasteiger partial charge in [-0.05, 0) is 42.3 Å². The summed E-state index contributed by atoms with van der Waals surface area (Å²) in [6.07, 6.45) is 3.49. The number of benzene rings is 1. The van der Waals surface area contributed by atoms with E-state index in [0.29, 0.717) is 23.7 Å². The zero-order chi connectivity index (χ0) is 20.1. The maximum atomic E-state index is 12.4. The van der Waals surface area contributed by atoms with Gasteiger partial charge in [-0.15, -0.1) is 0 Å². The number of halogens is 1. The topological polar surface area (TPSA) is 93.3 Å². The second-order valence-corrected chi connectivity index (χ2v) is 8.42. The van der Waals surface area contributed by atoms with E-state index in [2.05, 4.69) is 10.0 Å².